The molecule has 1 aliphatic heterocycles. The van der Waals surface area contributed by atoms with Crippen molar-refractivity contribution in [2.75, 3.05) is 19.6 Å². The van der Waals surface area contributed by atoms with E-state index in [0.717, 1.165) is 43.1 Å². The van der Waals surface area contributed by atoms with Crippen LogP contribution in [0.2, 0.25) is 0 Å². The van der Waals surface area contributed by atoms with Gasteiger partial charge in [0, 0.05) is 39.0 Å². The highest BCUT2D eigenvalue weighted by Crippen LogP contribution is 2.24. The topological polar surface area (TPSA) is 65.2 Å². The quantitative estimate of drug-likeness (QED) is 0.841. The fourth-order valence-corrected chi connectivity index (χ4v) is 4.05. The molecule has 0 aliphatic carbocycles. The summed E-state index contributed by atoms with van der Waals surface area (Å²) < 4.78 is 12.5. The molecular formula is C15H25N3OS. The molecule has 0 aromatic carbocycles. The zero-order valence-corrected chi connectivity index (χ0v) is 13.2. The maximum Gasteiger partial charge on any atom is 0.171 e. The summed E-state index contributed by atoms with van der Waals surface area (Å²) in [5.74, 6) is 0.699. The first-order valence-corrected chi connectivity index (χ1v) is 8.59. The number of hydrogen-bond donors (Lipinski definition) is 1. The highest BCUT2D eigenvalue weighted by Gasteiger charge is 2.29. The Hall–Kier alpha value is -0.620. The van der Waals surface area contributed by atoms with Gasteiger partial charge in [0.1, 0.15) is 5.25 Å². The van der Waals surface area contributed by atoms with E-state index in [0.29, 0.717) is 12.5 Å². The van der Waals surface area contributed by atoms with Crippen molar-refractivity contribution in [2.24, 2.45) is 11.7 Å². The Morgan fingerprint density at radius 2 is 2.10 bits per heavy atom. The van der Waals surface area contributed by atoms with Gasteiger partial charge in [-0.2, -0.15) is 0 Å². The number of rotatable bonds is 5. The van der Waals surface area contributed by atoms with Crippen molar-refractivity contribution in [3.63, 3.8) is 0 Å². The molecule has 4 nitrogen and oxygen atoms in total. The van der Waals surface area contributed by atoms with Crippen molar-refractivity contribution in [2.45, 2.75) is 43.4 Å². The van der Waals surface area contributed by atoms with Crippen LogP contribution in [0, 0.1) is 5.92 Å². The van der Waals surface area contributed by atoms with E-state index in [2.05, 4.69) is 23.7 Å². The maximum absolute atomic E-state index is 12.5. The molecule has 20 heavy (non-hydrogen) atoms. The van der Waals surface area contributed by atoms with Crippen LogP contribution in [0.25, 0.3) is 0 Å². The van der Waals surface area contributed by atoms with Crippen LogP contribution in [0.4, 0.5) is 0 Å². The van der Waals surface area contributed by atoms with Crippen LogP contribution < -0.4 is 5.73 Å². The average molecular weight is 295 g/mol. The molecule has 2 N–H and O–H groups in total. The van der Waals surface area contributed by atoms with Gasteiger partial charge in [0.2, 0.25) is 0 Å². The van der Waals surface area contributed by atoms with Crippen LogP contribution in [0.5, 0.6) is 0 Å². The lowest BCUT2D eigenvalue weighted by molar-refractivity contribution is 0.207. The van der Waals surface area contributed by atoms with Gasteiger partial charge in [-0.05, 0) is 29.2 Å². The molecule has 1 unspecified atom stereocenters. The molecule has 1 atom stereocenters. The van der Waals surface area contributed by atoms with Crippen LogP contribution >= 0.6 is 0 Å². The van der Waals surface area contributed by atoms with Gasteiger partial charge in [-0.1, -0.05) is 13.8 Å². The van der Waals surface area contributed by atoms with Gasteiger partial charge in [-0.3, -0.25) is 4.98 Å². The van der Waals surface area contributed by atoms with Crippen molar-refractivity contribution < 1.29 is 4.55 Å². The van der Waals surface area contributed by atoms with Crippen molar-refractivity contribution in [1.82, 2.24) is 9.88 Å². The zero-order chi connectivity index (χ0) is 14.5. The standard InChI is InChI=1S/C15H25N3OS/c1-12(2)11-18-7-5-14(6-8-18)20(19)15-4-3-13(9-16)17-10-15/h3-4,10,12,14H,5-9,11,16H2,1-2H3. The summed E-state index contributed by atoms with van der Waals surface area (Å²) in [5, 5.41) is 0.268. The molecule has 1 fully saturated rings. The number of pyridine rings is 1. The summed E-state index contributed by atoms with van der Waals surface area (Å²) in [4.78, 5) is 7.56. The molecule has 1 aromatic heterocycles. The lowest BCUT2D eigenvalue weighted by Gasteiger charge is -2.33. The second-order valence-electron chi connectivity index (χ2n) is 5.88. The summed E-state index contributed by atoms with van der Waals surface area (Å²) >= 11 is -0.938. The van der Waals surface area contributed by atoms with E-state index in [4.69, 9.17) is 5.73 Å². The van der Waals surface area contributed by atoms with E-state index < -0.39 is 11.2 Å². The summed E-state index contributed by atoms with van der Waals surface area (Å²) in [7, 11) is 0. The second-order valence-corrected chi connectivity index (χ2v) is 7.61. The Morgan fingerprint density at radius 1 is 1.40 bits per heavy atom. The van der Waals surface area contributed by atoms with Gasteiger partial charge in [0.25, 0.3) is 0 Å². The molecule has 0 saturated carbocycles. The molecule has 112 valence electrons. The van der Waals surface area contributed by atoms with Gasteiger partial charge >= 0.3 is 0 Å². The number of nitrogens with two attached hydrogens (primary N) is 1. The predicted octanol–water partition coefficient (Wildman–Crippen LogP) is 1.77. The van der Waals surface area contributed by atoms with E-state index in [9.17, 15) is 4.55 Å². The monoisotopic (exact) mass is 295 g/mol. The molecule has 5 heteroatoms. The summed E-state index contributed by atoms with van der Waals surface area (Å²) in [6.45, 7) is 8.18. The summed E-state index contributed by atoms with van der Waals surface area (Å²) in [6, 6.07) is 3.78. The Balaban J connectivity index is 1.89. The van der Waals surface area contributed by atoms with Crippen LogP contribution in [-0.2, 0) is 17.7 Å². The first-order chi connectivity index (χ1) is 9.60. The first-order valence-electron chi connectivity index (χ1n) is 7.38. The fraction of sp³-hybridized carbons (Fsp3) is 0.667. The molecule has 1 aliphatic rings. The van der Waals surface area contributed by atoms with Crippen molar-refractivity contribution in [3.05, 3.63) is 24.0 Å². The van der Waals surface area contributed by atoms with E-state index >= 15 is 0 Å². The molecule has 2 heterocycles. The molecule has 1 aromatic rings. The van der Waals surface area contributed by atoms with Gasteiger partial charge in [-0.15, -0.1) is 0 Å². The number of aromatic nitrogens is 1. The highest BCUT2D eigenvalue weighted by molar-refractivity contribution is 7.92. The van der Waals surface area contributed by atoms with Gasteiger partial charge < -0.3 is 15.2 Å². The Morgan fingerprint density at radius 3 is 2.60 bits per heavy atom. The third kappa shape index (κ3) is 4.19. The normalized spacial score (nSPS) is 19.4. The smallest absolute Gasteiger partial charge is 0.171 e. The van der Waals surface area contributed by atoms with Gasteiger partial charge in [0.05, 0.1) is 11.9 Å². The van der Waals surface area contributed by atoms with E-state index in [1.165, 1.54) is 0 Å². The average Bonchev–Trinajstić information content (AvgIpc) is 2.47. The molecule has 0 bridgehead atoms. The lowest BCUT2D eigenvalue weighted by Crippen LogP contribution is -2.40. The van der Waals surface area contributed by atoms with Crippen LogP contribution in [0.3, 0.4) is 0 Å². The van der Waals surface area contributed by atoms with Gasteiger partial charge in [-0.25, -0.2) is 0 Å². The summed E-state index contributed by atoms with van der Waals surface area (Å²) in [5.41, 5.74) is 6.37. The molecule has 0 radical (unpaired) electrons. The number of hydrogen-bond acceptors (Lipinski definition) is 4. The predicted molar refractivity (Wildman–Crippen MR) is 82.8 cm³/mol. The fourth-order valence-electron chi connectivity index (χ4n) is 2.67. The highest BCUT2D eigenvalue weighted by atomic mass is 32.2. The number of nitrogens with zero attached hydrogens (tertiary/aromatic N) is 2. The minimum atomic E-state index is -0.938. The SMILES string of the molecule is CC(C)CN1CCC([S+]([O-])c2ccc(CN)nc2)CC1. The third-order valence-corrected chi connectivity index (χ3v) is 5.48. The Kier molecular flexibility index (Phi) is 5.84. The van der Waals surface area contributed by atoms with Crippen molar-refractivity contribution >= 4 is 11.2 Å². The molecule has 0 amide bonds. The third-order valence-electron chi connectivity index (χ3n) is 3.70. The second kappa shape index (κ2) is 7.41. The number of likely N-dealkylation sites (tertiary alicyclic amines) is 1. The lowest BCUT2D eigenvalue weighted by atomic mass is 10.1. The molecular weight excluding hydrogens is 270 g/mol. The maximum atomic E-state index is 12.5. The molecule has 2 rings (SSSR count). The van der Waals surface area contributed by atoms with E-state index in [1.54, 1.807) is 6.20 Å². The Bertz CT molecular complexity index is 402. The van der Waals surface area contributed by atoms with Crippen LogP contribution in [-0.4, -0.2) is 39.3 Å². The molecule has 0 spiro atoms. The largest absolute Gasteiger partial charge is 0.611 e. The van der Waals surface area contributed by atoms with Crippen LogP contribution in [0.1, 0.15) is 32.4 Å². The Labute approximate surface area is 124 Å². The first kappa shape index (κ1) is 15.8. The van der Waals surface area contributed by atoms with Crippen molar-refractivity contribution in [3.8, 4) is 0 Å². The minimum absolute atomic E-state index is 0.268. The van der Waals surface area contributed by atoms with E-state index in [1.807, 2.05) is 12.1 Å². The number of piperidine rings is 1. The summed E-state index contributed by atoms with van der Waals surface area (Å²) in [6.07, 6.45) is 3.74. The van der Waals surface area contributed by atoms with Crippen molar-refractivity contribution in [1.29, 1.82) is 0 Å². The van der Waals surface area contributed by atoms with Crippen LogP contribution in [0.15, 0.2) is 23.2 Å². The van der Waals surface area contributed by atoms with Gasteiger partial charge in [0.15, 0.2) is 4.90 Å². The molecule has 1 saturated heterocycles. The minimum Gasteiger partial charge on any atom is -0.611 e. The van der Waals surface area contributed by atoms with E-state index in [-0.39, 0.29) is 5.25 Å². The zero-order valence-electron chi connectivity index (χ0n) is 12.4.